The fourth-order valence-electron chi connectivity index (χ4n) is 5.41. The van der Waals surface area contributed by atoms with Crippen molar-refractivity contribution < 1.29 is 9.53 Å². The molecule has 4 rings (SSSR count). The van der Waals surface area contributed by atoms with E-state index in [9.17, 15) is 4.79 Å². The van der Waals surface area contributed by atoms with Gasteiger partial charge in [-0.15, -0.1) is 0 Å². The Morgan fingerprint density at radius 1 is 1.28 bits per heavy atom. The largest absolute Gasteiger partial charge is 0.379 e. The van der Waals surface area contributed by atoms with Gasteiger partial charge in [0.15, 0.2) is 0 Å². The minimum absolute atomic E-state index is 0.206. The summed E-state index contributed by atoms with van der Waals surface area (Å²) in [6.45, 7) is 9.60. The summed E-state index contributed by atoms with van der Waals surface area (Å²) in [7, 11) is 0. The predicted molar refractivity (Wildman–Crippen MR) is 113 cm³/mol. The molecule has 0 aliphatic carbocycles. The lowest BCUT2D eigenvalue weighted by molar-refractivity contribution is -0.132. The van der Waals surface area contributed by atoms with Gasteiger partial charge in [-0.25, -0.2) is 9.97 Å². The minimum Gasteiger partial charge on any atom is -0.379 e. The zero-order chi connectivity index (χ0) is 20.3. The highest BCUT2D eigenvalue weighted by molar-refractivity contribution is 5.85. The third kappa shape index (κ3) is 4.26. The monoisotopic (exact) mass is 401 g/mol. The second kappa shape index (κ2) is 8.96. The molecule has 3 aliphatic rings. The molecule has 1 aromatic rings. The molecule has 0 unspecified atom stereocenters. The number of carbonyl (C=O) groups excluding carboxylic acids is 1. The van der Waals surface area contributed by atoms with Crippen LogP contribution in [0.1, 0.15) is 46.0 Å². The molecule has 2 bridgehead atoms. The molecule has 0 aromatic carbocycles. The van der Waals surface area contributed by atoms with Crippen molar-refractivity contribution in [3.8, 4) is 0 Å². The SMILES string of the molecule is CC(C)CC[C@]1(C(=O)NCCN2CCOCC2)C[C@H]2CC[C@@H]1N2c1ncccn1. The van der Waals surface area contributed by atoms with Gasteiger partial charge in [-0.05, 0) is 44.1 Å². The van der Waals surface area contributed by atoms with Gasteiger partial charge in [0.2, 0.25) is 11.9 Å². The van der Waals surface area contributed by atoms with Crippen LogP contribution in [-0.2, 0) is 9.53 Å². The zero-order valence-corrected chi connectivity index (χ0v) is 17.8. The van der Waals surface area contributed by atoms with Gasteiger partial charge in [0, 0.05) is 50.7 Å². The fourth-order valence-corrected chi connectivity index (χ4v) is 5.41. The summed E-state index contributed by atoms with van der Waals surface area (Å²) in [5, 5.41) is 3.30. The van der Waals surface area contributed by atoms with E-state index in [0.717, 1.165) is 70.9 Å². The number of carbonyl (C=O) groups is 1. The molecule has 3 atom stereocenters. The van der Waals surface area contributed by atoms with Crippen molar-refractivity contribution >= 4 is 11.9 Å². The first kappa shape index (κ1) is 20.5. The van der Waals surface area contributed by atoms with Crippen LogP contribution in [0.5, 0.6) is 0 Å². The van der Waals surface area contributed by atoms with Crippen molar-refractivity contribution in [3.63, 3.8) is 0 Å². The van der Waals surface area contributed by atoms with Gasteiger partial charge in [-0.3, -0.25) is 9.69 Å². The number of amides is 1. The molecule has 1 aromatic heterocycles. The Labute approximate surface area is 174 Å². The number of morpholine rings is 1. The number of nitrogens with one attached hydrogen (secondary N) is 1. The van der Waals surface area contributed by atoms with Gasteiger partial charge in [0.25, 0.3) is 0 Å². The quantitative estimate of drug-likeness (QED) is 0.719. The molecule has 29 heavy (non-hydrogen) atoms. The third-order valence-electron chi connectivity index (χ3n) is 6.96. The fraction of sp³-hybridized carbons (Fsp3) is 0.773. The molecule has 3 aliphatic heterocycles. The highest BCUT2D eigenvalue weighted by Crippen LogP contribution is 2.53. The van der Waals surface area contributed by atoms with E-state index in [1.807, 2.05) is 6.07 Å². The van der Waals surface area contributed by atoms with Crippen LogP contribution in [0, 0.1) is 11.3 Å². The van der Waals surface area contributed by atoms with E-state index in [4.69, 9.17) is 4.74 Å². The molecule has 0 saturated carbocycles. The maximum Gasteiger partial charge on any atom is 0.228 e. The lowest BCUT2D eigenvalue weighted by Gasteiger charge is -2.37. The predicted octanol–water partition coefficient (Wildman–Crippen LogP) is 2.09. The van der Waals surface area contributed by atoms with Gasteiger partial charge in [-0.2, -0.15) is 0 Å². The Bertz CT molecular complexity index is 679. The summed E-state index contributed by atoms with van der Waals surface area (Å²) in [5.41, 5.74) is -0.322. The minimum atomic E-state index is -0.322. The Kier molecular flexibility index (Phi) is 6.35. The summed E-state index contributed by atoms with van der Waals surface area (Å²) in [6, 6.07) is 2.43. The molecule has 160 valence electrons. The number of ether oxygens (including phenoxy) is 1. The van der Waals surface area contributed by atoms with Crippen LogP contribution in [0.25, 0.3) is 0 Å². The smallest absolute Gasteiger partial charge is 0.228 e. The van der Waals surface area contributed by atoms with Crippen LogP contribution < -0.4 is 10.2 Å². The van der Waals surface area contributed by atoms with Crippen molar-refractivity contribution in [2.24, 2.45) is 11.3 Å². The zero-order valence-electron chi connectivity index (χ0n) is 17.8. The number of hydrogen-bond acceptors (Lipinski definition) is 6. The molecular formula is C22H35N5O2. The maximum atomic E-state index is 13.6. The average molecular weight is 402 g/mol. The maximum absolute atomic E-state index is 13.6. The summed E-state index contributed by atoms with van der Waals surface area (Å²) in [4.78, 5) is 27.3. The molecular weight excluding hydrogens is 366 g/mol. The van der Waals surface area contributed by atoms with Gasteiger partial charge in [-0.1, -0.05) is 13.8 Å². The van der Waals surface area contributed by atoms with Gasteiger partial charge < -0.3 is 15.0 Å². The molecule has 0 radical (unpaired) electrons. The summed E-state index contributed by atoms with van der Waals surface area (Å²) >= 11 is 0. The van der Waals surface area contributed by atoms with Crippen LogP contribution >= 0.6 is 0 Å². The van der Waals surface area contributed by atoms with Crippen LogP contribution in [0.15, 0.2) is 18.5 Å². The van der Waals surface area contributed by atoms with Crippen LogP contribution in [0.4, 0.5) is 5.95 Å². The Hall–Kier alpha value is -1.73. The standard InChI is InChI=1S/C22H35N5O2/c1-17(2)6-7-22(20(28)23-10-11-26-12-14-29-15-13-26)16-18-4-5-19(22)27(18)21-24-8-3-9-25-21/h3,8-9,17-19H,4-7,10-16H2,1-2H3,(H,23,28)/t18-,19+,22+/m1/s1. The molecule has 0 spiro atoms. The second-order valence-electron chi connectivity index (χ2n) is 9.21. The molecule has 3 fully saturated rings. The van der Waals surface area contributed by atoms with E-state index in [-0.39, 0.29) is 17.4 Å². The second-order valence-corrected chi connectivity index (χ2v) is 9.21. The number of nitrogens with zero attached hydrogens (tertiary/aromatic N) is 4. The van der Waals surface area contributed by atoms with E-state index in [1.165, 1.54) is 0 Å². The summed E-state index contributed by atoms with van der Waals surface area (Å²) in [6.07, 6.45) is 8.73. The third-order valence-corrected chi connectivity index (χ3v) is 6.96. The summed E-state index contributed by atoms with van der Waals surface area (Å²) < 4.78 is 5.42. The lowest BCUT2D eigenvalue weighted by Crippen LogP contribution is -2.51. The molecule has 7 heteroatoms. The van der Waals surface area contributed by atoms with Crippen LogP contribution in [0.3, 0.4) is 0 Å². The van der Waals surface area contributed by atoms with Crippen molar-refractivity contribution in [3.05, 3.63) is 18.5 Å². The molecule has 1 N–H and O–H groups in total. The van der Waals surface area contributed by atoms with Gasteiger partial charge in [0.05, 0.1) is 18.6 Å². The molecule has 3 saturated heterocycles. The number of rotatable bonds is 8. The van der Waals surface area contributed by atoms with Crippen molar-refractivity contribution in [2.45, 2.75) is 58.0 Å². The van der Waals surface area contributed by atoms with E-state index in [1.54, 1.807) is 12.4 Å². The first-order valence-electron chi connectivity index (χ1n) is 11.2. The lowest BCUT2D eigenvalue weighted by atomic mass is 9.69. The number of anilines is 1. The van der Waals surface area contributed by atoms with E-state index < -0.39 is 0 Å². The van der Waals surface area contributed by atoms with Crippen molar-refractivity contribution in [2.75, 3.05) is 44.3 Å². The topological polar surface area (TPSA) is 70.6 Å². The number of hydrogen-bond donors (Lipinski definition) is 1. The Morgan fingerprint density at radius 2 is 2.03 bits per heavy atom. The Morgan fingerprint density at radius 3 is 2.76 bits per heavy atom. The van der Waals surface area contributed by atoms with Crippen molar-refractivity contribution in [1.82, 2.24) is 20.2 Å². The van der Waals surface area contributed by atoms with E-state index in [2.05, 4.69) is 38.9 Å². The first-order chi connectivity index (χ1) is 14.1. The number of fused-ring (bicyclic) bond motifs is 2. The Balaban J connectivity index is 1.46. The summed E-state index contributed by atoms with van der Waals surface area (Å²) in [5.74, 6) is 1.61. The van der Waals surface area contributed by atoms with Gasteiger partial charge in [0.1, 0.15) is 0 Å². The molecule has 1 amide bonds. The van der Waals surface area contributed by atoms with Gasteiger partial charge >= 0.3 is 0 Å². The molecule has 7 nitrogen and oxygen atoms in total. The average Bonchev–Trinajstić information content (AvgIpc) is 3.30. The van der Waals surface area contributed by atoms with Crippen molar-refractivity contribution in [1.29, 1.82) is 0 Å². The highest BCUT2D eigenvalue weighted by atomic mass is 16.5. The van der Waals surface area contributed by atoms with E-state index in [0.29, 0.717) is 18.5 Å². The van der Waals surface area contributed by atoms with Crippen LogP contribution in [0.2, 0.25) is 0 Å². The highest BCUT2D eigenvalue weighted by Gasteiger charge is 2.60. The normalized spacial score (nSPS) is 29.6. The van der Waals surface area contributed by atoms with E-state index >= 15 is 0 Å². The number of aromatic nitrogens is 2. The van der Waals surface area contributed by atoms with Crippen LogP contribution in [-0.4, -0.2) is 72.3 Å². The first-order valence-corrected chi connectivity index (χ1v) is 11.2. The molecule has 4 heterocycles.